The quantitative estimate of drug-likeness (QED) is 0.778. The summed E-state index contributed by atoms with van der Waals surface area (Å²) in [5.41, 5.74) is 0.644. The van der Waals surface area contributed by atoms with Gasteiger partial charge in [-0.1, -0.05) is 35.8 Å². The first-order valence-corrected chi connectivity index (χ1v) is 10.1. The predicted octanol–water partition coefficient (Wildman–Crippen LogP) is 3.79. The van der Waals surface area contributed by atoms with Gasteiger partial charge in [0.05, 0.1) is 9.77 Å². The lowest BCUT2D eigenvalue weighted by Crippen LogP contribution is -2.30. The number of hydrogen-bond acceptors (Lipinski definition) is 4. The van der Waals surface area contributed by atoms with Crippen LogP contribution in [0.15, 0.2) is 45.1 Å². The zero-order chi connectivity index (χ0) is 17.0. The fraction of sp³-hybridized carbons (Fsp3) is 0.267. The van der Waals surface area contributed by atoms with Gasteiger partial charge in [-0.3, -0.25) is 4.79 Å². The molecule has 1 aromatic carbocycles. The van der Waals surface area contributed by atoms with Crippen molar-refractivity contribution in [2.45, 2.75) is 18.7 Å². The third-order valence-electron chi connectivity index (χ3n) is 3.22. The molecule has 8 heteroatoms. The van der Waals surface area contributed by atoms with Crippen LogP contribution in [0.2, 0.25) is 0 Å². The summed E-state index contributed by atoms with van der Waals surface area (Å²) in [7, 11) is -3.54. The largest absolute Gasteiger partial charge is 0.321 e. The van der Waals surface area contributed by atoms with E-state index in [1.54, 1.807) is 26.0 Å². The number of nitrogens with one attached hydrogen (secondary N) is 1. The number of sulfonamides is 1. The van der Waals surface area contributed by atoms with E-state index in [1.807, 2.05) is 12.1 Å². The standard InChI is InChI=1S/C15H17BrN2O3S2/c1-3-18(4-2)23(20,21)13-9-14(22-10-13)15(19)17-12-7-5-6-11(16)8-12/h5-10H,3-4H2,1-2H3,(H,17,19). The third kappa shape index (κ3) is 4.20. The number of amides is 1. The average Bonchev–Trinajstić information content (AvgIpc) is 2.99. The van der Waals surface area contributed by atoms with Crippen molar-refractivity contribution in [3.05, 3.63) is 45.1 Å². The van der Waals surface area contributed by atoms with Gasteiger partial charge in [0.15, 0.2) is 0 Å². The molecule has 124 valence electrons. The number of carbonyl (C=O) groups is 1. The number of anilines is 1. The molecular formula is C15H17BrN2O3S2. The summed E-state index contributed by atoms with van der Waals surface area (Å²) < 4.78 is 27.1. The lowest BCUT2D eigenvalue weighted by molar-refractivity contribution is 0.103. The second kappa shape index (κ2) is 7.57. The minimum atomic E-state index is -3.54. The maximum atomic E-state index is 12.4. The van der Waals surface area contributed by atoms with E-state index in [0.717, 1.165) is 15.8 Å². The van der Waals surface area contributed by atoms with Crippen LogP contribution in [0, 0.1) is 0 Å². The number of rotatable bonds is 6. The second-order valence-electron chi connectivity index (χ2n) is 4.70. The number of halogens is 1. The molecule has 0 fully saturated rings. The van der Waals surface area contributed by atoms with Gasteiger partial charge in [0.25, 0.3) is 5.91 Å². The molecule has 5 nitrogen and oxygen atoms in total. The van der Waals surface area contributed by atoms with E-state index in [-0.39, 0.29) is 10.8 Å². The first kappa shape index (κ1) is 18.1. The molecule has 0 radical (unpaired) electrons. The highest BCUT2D eigenvalue weighted by Crippen LogP contribution is 2.24. The first-order chi connectivity index (χ1) is 10.9. The molecule has 1 amide bonds. The lowest BCUT2D eigenvalue weighted by Gasteiger charge is -2.17. The molecule has 0 aliphatic rings. The zero-order valence-electron chi connectivity index (χ0n) is 12.7. The van der Waals surface area contributed by atoms with Crippen LogP contribution in [0.4, 0.5) is 5.69 Å². The van der Waals surface area contributed by atoms with Crippen LogP contribution in [0.5, 0.6) is 0 Å². The summed E-state index contributed by atoms with van der Waals surface area (Å²) in [5, 5.41) is 4.26. The second-order valence-corrected chi connectivity index (χ2v) is 8.47. The molecule has 23 heavy (non-hydrogen) atoms. The van der Waals surface area contributed by atoms with Gasteiger partial charge in [-0.05, 0) is 24.3 Å². The Morgan fingerprint density at radius 1 is 1.26 bits per heavy atom. The van der Waals surface area contributed by atoms with Crippen LogP contribution in [0.25, 0.3) is 0 Å². The average molecular weight is 417 g/mol. The van der Waals surface area contributed by atoms with Gasteiger partial charge in [0.1, 0.15) is 0 Å². The molecule has 0 saturated carbocycles. The molecule has 2 rings (SSSR count). The van der Waals surface area contributed by atoms with Crippen LogP contribution < -0.4 is 5.32 Å². The van der Waals surface area contributed by atoms with Gasteiger partial charge < -0.3 is 5.32 Å². The maximum absolute atomic E-state index is 12.4. The van der Waals surface area contributed by atoms with E-state index in [2.05, 4.69) is 21.2 Å². The molecule has 0 saturated heterocycles. The Kier molecular flexibility index (Phi) is 5.96. The number of thiophene rings is 1. The Balaban J connectivity index is 2.20. The SMILES string of the molecule is CCN(CC)S(=O)(=O)c1csc(C(=O)Nc2cccc(Br)c2)c1. The Hall–Kier alpha value is -1.22. The molecule has 0 unspecified atom stereocenters. The Bertz CT molecular complexity index is 799. The van der Waals surface area contributed by atoms with Crippen LogP contribution in [0.3, 0.4) is 0 Å². The molecule has 0 bridgehead atoms. The topological polar surface area (TPSA) is 66.5 Å². The van der Waals surface area contributed by atoms with Gasteiger partial charge in [-0.2, -0.15) is 4.31 Å². The van der Waals surface area contributed by atoms with E-state index >= 15 is 0 Å². The summed E-state index contributed by atoms with van der Waals surface area (Å²) in [6, 6.07) is 8.63. The van der Waals surface area contributed by atoms with E-state index in [9.17, 15) is 13.2 Å². The number of benzene rings is 1. The molecule has 0 aliphatic carbocycles. The highest BCUT2D eigenvalue weighted by molar-refractivity contribution is 9.10. The molecule has 2 aromatic rings. The van der Waals surface area contributed by atoms with E-state index in [1.165, 1.54) is 15.8 Å². The molecule has 1 heterocycles. The lowest BCUT2D eigenvalue weighted by atomic mass is 10.3. The minimum Gasteiger partial charge on any atom is -0.321 e. The van der Waals surface area contributed by atoms with Crippen LogP contribution in [-0.2, 0) is 10.0 Å². The molecule has 0 spiro atoms. The molecule has 0 atom stereocenters. The van der Waals surface area contributed by atoms with Crippen molar-refractivity contribution in [3.63, 3.8) is 0 Å². The van der Waals surface area contributed by atoms with Crippen LogP contribution in [-0.4, -0.2) is 31.7 Å². The van der Waals surface area contributed by atoms with Crippen molar-refractivity contribution in [3.8, 4) is 0 Å². The summed E-state index contributed by atoms with van der Waals surface area (Å²) in [5.74, 6) is -0.325. The molecule has 1 N–H and O–H groups in total. The Labute approximate surface area is 148 Å². The Morgan fingerprint density at radius 3 is 2.57 bits per heavy atom. The fourth-order valence-corrected chi connectivity index (χ4v) is 5.06. The highest BCUT2D eigenvalue weighted by atomic mass is 79.9. The summed E-state index contributed by atoms with van der Waals surface area (Å²) in [6.07, 6.45) is 0. The number of carbonyl (C=O) groups excluding carboxylic acids is 1. The van der Waals surface area contributed by atoms with Gasteiger partial charge in [0.2, 0.25) is 10.0 Å². The molecular weight excluding hydrogens is 400 g/mol. The Morgan fingerprint density at radius 2 is 1.96 bits per heavy atom. The van der Waals surface area contributed by atoms with E-state index in [4.69, 9.17) is 0 Å². The molecule has 0 aliphatic heterocycles. The monoisotopic (exact) mass is 416 g/mol. The van der Waals surface area contributed by atoms with Gasteiger partial charge in [-0.15, -0.1) is 11.3 Å². The van der Waals surface area contributed by atoms with Gasteiger partial charge in [0, 0.05) is 28.6 Å². The van der Waals surface area contributed by atoms with Gasteiger partial charge >= 0.3 is 0 Å². The highest BCUT2D eigenvalue weighted by Gasteiger charge is 2.24. The number of hydrogen-bond donors (Lipinski definition) is 1. The smallest absolute Gasteiger partial charge is 0.265 e. The summed E-state index contributed by atoms with van der Waals surface area (Å²) in [6.45, 7) is 4.37. The van der Waals surface area contributed by atoms with Crippen molar-refractivity contribution in [1.82, 2.24) is 4.31 Å². The third-order valence-corrected chi connectivity index (χ3v) is 6.82. The van der Waals surface area contributed by atoms with E-state index in [0.29, 0.717) is 23.7 Å². The fourth-order valence-electron chi connectivity index (χ4n) is 2.04. The zero-order valence-corrected chi connectivity index (χ0v) is 16.0. The summed E-state index contributed by atoms with van der Waals surface area (Å²) in [4.78, 5) is 12.8. The van der Waals surface area contributed by atoms with Crippen molar-refractivity contribution < 1.29 is 13.2 Å². The molecule has 1 aromatic heterocycles. The van der Waals surface area contributed by atoms with Crippen LogP contribution in [0.1, 0.15) is 23.5 Å². The van der Waals surface area contributed by atoms with E-state index < -0.39 is 10.0 Å². The maximum Gasteiger partial charge on any atom is 0.265 e. The predicted molar refractivity (Wildman–Crippen MR) is 96.5 cm³/mol. The summed E-state index contributed by atoms with van der Waals surface area (Å²) >= 11 is 4.45. The first-order valence-electron chi connectivity index (χ1n) is 7.04. The van der Waals surface area contributed by atoms with Crippen molar-refractivity contribution in [1.29, 1.82) is 0 Å². The van der Waals surface area contributed by atoms with Crippen molar-refractivity contribution >= 4 is 48.9 Å². The van der Waals surface area contributed by atoms with Crippen LogP contribution >= 0.6 is 27.3 Å². The normalized spacial score (nSPS) is 11.7. The van der Waals surface area contributed by atoms with Crippen molar-refractivity contribution in [2.75, 3.05) is 18.4 Å². The minimum absolute atomic E-state index is 0.158. The van der Waals surface area contributed by atoms with Crippen molar-refractivity contribution in [2.24, 2.45) is 0 Å². The van der Waals surface area contributed by atoms with Gasteiger partial charge in [-0.25, -0.2) is 8.42 Å². The number of nitrogens with zero attached hydrogens (tertiary/aromatic N) is 1.